The summed E-state index contributed by atoms with van der Waals surface area (Å²) in [4.78, 5) is 12.8. The summed E-state index contributed by atoms with van der Waals surface area (Å²) >= 11 is 0. The molecule has 1 aromatic heterocycles. The monoisotopic (exact) mass is 340 g/mol. The van der Waals surface area contributed by atoms with Crippen molar-refractivity contribution in [1.29, 1.82) is 0 Å². The summed E-state index contributed by atoms with van der Waals surface area (Å²) in [5.41, 5.74) is 1.81. The SMILES string of the molecule is COc1ccc(-c2coc3cc(O[Si](C)(C)C)ccc3c2=O)cc1. The molecule has 1 heterocycles. The standard InChI is InChI=1S/C19H20O4Si/c1-21-14-7-5-13(6-8-14)17-12-22-18-11-15(23-24(2,3)4)9-10-16(18)19(17)20/h5-12H,1-4H3. The van der Waals surface area contributed by atoms with E-state index < -0.39 is 8.32 Å². The third kappa shape index (κ3) is 3.36. The fraction of sp³-hybridized carbons (Fsp3) is 0.211. The fourth-order valence-electron chi connectivity index (χ4n) is 2.50. The van der Waals surface area contributed by atoms with E-state index in [0.29, 0.717) is 16.5 Å². The zero-order chi connectivity index (χ0) is 17.3. The minimum Gasteiger partial charge on any atom is -0.544 e. The molecular formula is C19H20O4Si. The Hall–Kier alpha value is -2.53. The first-order valence-corrected chi connectivity index (χ1v) is 11.2. The third-order valence-corrected chi connectivity index (χ3v) is 4.42. The molecule has 0 saturated carbocycles. The van der Waals surface area contributed by atoms with Gasteiger partial charge in [0, 0.05) is 6.07 Å². The number of hydrogen-bond donors (Lipinski definition) is 0. The smallest absolute Gasteiger partial charge is 0.242 e. The quantitative estimate of drug-likeness (QED) is 0.647. The molecular weight excluding hydrogens is 320 g/mol. The molecule has 3 rings (SSSR count). The second-order valence-corrected chi connectivity index (χ2v) is 11.0. The van der Waals surface area contributed by atoms with Crippen LogP contribution in [0.25, 0.3) is 22.1 Å². The lowest BCUT2D eigenvalue weighted by Crippen LogP contribution is -2.29. The first kappa shape index (κ1) is 16.3. The zero-order valence-electron chi connectivity index (χ0n) is 14.3. The first-order chi connectivity index (χ1) is 11.4. The van der Waals surface area contributed by atoms with E-state index >= 15 is 0 Å². The van der Waals surface area contributed by atoms with Gasteiger partial charge in [0.2, 0.25) is 8.32 Å². The van der Waals surface area contributed by atoms with Crippen molar-refractivity contribution >= 4 is 19.3 Å². The molecule has 0 bridgehead atoms. The average Bonchev–Trinajstić information content (AvgIpc) is 2.54. The largest absolute Gasteiger partial charge is 0.544 e. The van der Waals surface area contributed by atoms with Gasteiger partial charge in [0.15, 0.2) is 5.43 Å². The van der Waals surface area contributed by atoms with E-state index in [1.807, 2.05) is 30.3 Å². The van der Waals surface area contributed by atoms with Crippen LogP contribution in [0.2, 0.25) is 19.6 Å². The van der Waals surface area contributed by atoms with Gasteiger partial charge in [-0.1, -0.05) is 12.1 Å². The van der Waals surface area contributed by atoms with Crippen molar-refractivity contribution in [2.75, 3.05) is 7.11 Å². The number of fused-ring (bicyclic) bond motifs is 1. The fourth-order valence-corrected chi connectivity index (χ4v) is 3.33. The minimum atomic E-state index is -1.70. The molecule has 0 fully saturated rings. The normalized spacial score (nSPS) is 11.5. The molecule has 0 amide bonds. The van der Waals surface area contributed by atoms with Gasteiger partial charge in [0.25, 0.3) is 0 Å². The highest BCUT2D eigenvalue weighted by Crippen LogP contribution is 2.25. The van der Waals surface area contributed by atoms with Crippen LogP contribution in [0.1, 0.15) is 0 Å². The zero-order valence-corrected chi connectivity index (χ0v) is 15.3. The maximum absolute atomic E-state index is 12.8. The topological polar surface area (TPSA) is 48.7 Å². The Morgan fingerprint density at radius 3 is 2.25 bits per heavy atom. The summed E-state index contributed by atoms with van der Waals surface area (Å²) in [6.07, 6.45) is 1.50. The molecule has 0 aliphatic heterocycles. The lowest BCUT2D eigenvalue weighted by molar-refractivity contribution is 0.415. The molecule has 0 radical (unpaired) electrons. The predicted molar refractivity (Wildman–Crippen MR) is 98.4 cm³/mol. The third-order valence-electron chi connectivity index (χ3n) is 3.57. The Bertz CT molecular complexity index is 921. The van der Waals surface area contributed by atoms with Gasteiger partial charge >= 0.3 is 0 Å². The van der Waals surface area contributed by atoms with Crippen LogP contribution in [-0.2, 0) is 0 Å². The summed E-state index contributed by atoms with van der Waals surface area (Å²) in [6, 6.07) is 12.7. The minimum absolute atomic E-state index is 0.0547. The highest BCUT2D eigenvalue weighted by atomic mass is 28.4. The summed E-state index contributed by atoms with van der Waals surface area (Å²) in [7, 11) is -0.0927. The average molecular weight is 340 g/mol. The van der Waals surface area contributed by atoms with E-state index in [9.17, 15) is 4.79 Å². The highest BCUT2D eigenvalue weighted by molar-refractivity contribution is 6.70. The van der Waals surface area contributed by atoms with Crippen molar-refractivity contribution in [3.63, 3.8) is 0 Å². The van der Waals surface area contributed by atoms with E-state index in [2.05, 4.69) is 19.6 Å². The summed E-state index contributed by atoms with van der Waals surface area (Å²) in [5.74, 6) is 1.49. The van der Waals surface area contributed by atoms with E-state index in [0.717, 1.165) is 17.1 Å². The van der Waals surface area contributed by atoms with Gasteiger partial charge in [-0.25, -0.2) is 0 Å². The lowest BCUT2D eigenvalue weighted by Gasteiger charge is -2.19. The second kappa shape index (κ2) is 6.17. The summed E-state index contributed by atoms with van der Waals surface area (Å²) in [5, 5.41) is 0.547. The second-order valence-electron chi connectivity index (χ2n) is 6.58. The van der Waals surface area contributed by atoms with E-state index in [1.165, 1.54) is 6.26 Å². The van der Waals surface area contributed by atoms with Crippen molar-refractivity contribution < 1.29 is 13.6 Å². The highest BCUT2D eigenvalue weighted by Gasteiger charge is 2.17. The molecule has 2 aromatic carbocycles. The van der Waals surface area contributed by atoms with Crippen molar-refractivity contribution in [2.24, 2.45) is 0 Å². The summed E-state index contributed by atoms with van der Waals surface area (Å²) < 4.78 is 16.8. The Morgan fingerprint density at radius 1 is 0.958 bits per heavy atom. The Morgan fingerprint density at radius 2 is 1.62 bits per heavy atom. The van der Waals surface area contributed by atoms with Crippen LogP contribution in [0.3, 0.4) is 0 Å². The van der Waals surface area contributed by atoms with Crippen LogP contribution >= 0.6 is 0 Å². The molecule has 0 atom stereocenters. The predicted octanol–water partition coefficient (Wildman–Crippen LogP) is 4.68. The van der Waals surface area contributed by atoms with Crippen molar-refractivity contribution in [2.45, 2.75) is 19.6 Å². The van der Waals surface area contributed by atoms with Crippen molar-refractivity contribution in [3.05, 3.63) is 59.0 Å². The molecule has 0 saturated heterocycles. The lowest BCUT2D eigenvalue weighted by atomic mass is 10.1. The van der Waals surface area contributed by atoms with Gasteiger partial charge in [-0.15, -0.1) is 0 Å². The van der Waals surface area contributed by atoms with E-state index in [-0.39, 0.29) is 5.43 Å². The molecule has 4 nitrogen and oxygen atoms in total. The van der Waals surface area contributed by atoms with Crippen LogP contribution in [0.5, 0.6) is 11.5 Å². The Labute approximate surface area is 141 Å². The van der Waals surface area contributed by atoms with Crippen LogP contribution in [0.15, 0.2) is 57.9 Å². The van der Waals surface area contributed by atoms with Crippen LogP contribution in [-0.4, -0.2) is 15.4 Å². The van der Waals surface area contributed by atoms with Gasteiger partial charge in [-0.2, -0.15) is 0 Å². The number of rotatable bonds is 4. The van der Waals surface area contributed by atoms with Gasteiger partial charge in [-0.05, 0) is 49.5 Å². The van der Waals surface area contributed by atoms with Gasteiger partial charge in [-0.3, -0.25) is 4.79 Å². The Balaban J connectivity index is 2.04. The van der Waals surface area contributed by atoms with E-state index in [1.54, 1.807) is 19.2 Å². The number of ether oxygens (including phenoxy) is 1. The summed E-state index contributed by atoms with van der Waals surface area (Å²) in [6.45, 7) is 6.33. The molecule has 24 heavy (non-hydrogen) atoms. The molecule has 0 aliphatic rings. The molecule has 124 valence electrons. The van der Waals surface area contributed by atoms with E-state index in [4.69, 9.17) is 13.6 Å². The van der Waals surface area contributed by atoms with Crippen LogP contribution in [0.4, 0.5) is 0 Å². The maximum atomic E-state index is 12.8. The number of hydrogen-bond acceptors (Lipinski definition) is 4. The maximum Gasteiger partial charge on any atom is 0.242 e. The number of methoxy groups -OCH3 is 1. The molecule has 0 N–H and O–H groups in total. The van der Waals surface area contributed by atoms with Gasteiger partial charge in [0.1, 0.15) is 23.3 Å². The van der Waals surface area contributed by atoms with Crippen LogP contribution in [0, 0.1) is 0 Å². The van der Waals surface area contributed by atoms with Gasteiger partial charge < -0.3 is 13.6 Å². The molecule has 0 spiro atoms. The Kier molecular flexibility index (Phi) is 4.20. The number of benzene rings is 2. The van der Waals surface area contributed by atoms with Crippen molar-refractivity contribution in [3.8, 4) is 22.6 Å². The molecule has 0 unspecified atom stereocenters. The van der Waals surface area contributed by atoms with Crippen LogP contribution < -0.4 is 14.6 Å². The molecule has 3 aromatic rings. The molecule has 0 aliphatic carbocycles. The molecule has 5 heteroatoms. The first-order valence-electron chi connectivity index (χ1n) is 7.76. The van der Waals surface area contributed by atoms with Gasteiger partial charge in [0.05, 0.1) is 18.1 Å². The van der Waals surface area contributed by atoms with Crippen molar-refractivity contribution in [1.82, 2.24) is 0 Å².